The summed E-state index contributed by atoms with van der Waals surface area (Å²) in [6.45, 7) is 10.8. The van der Waals surface area contributed by atoms with Gasteiger partial charge in [0.15, 0.2) is 0 Å². The fraction of sp³-hybridized carbons (Fsp3) is 0.633. The maximum atomic E-state index is 13.2. The number of benzene rings is 1. The number of anilines is 1. The van der Waals surface area contributed by atoms with E-state index in [1.165, 1.54) is 41.3 Å². The van der Waals surface area contributed by atoms with Crippen LogP contribution in [0.1, 0.15) is 96.4 Å². The third-order valence-corrected chi connectivity index (χ3v) is 9.72. The summed E-state index contributed by atoms with van der Waals surface area (Å²) >= 11 is -0.804. The molecule has 2 fully saturated rings. The molecule has 5 nitrogen and oxygen atoms in total. The number of rotatable bonds is 10. The molecule has 0 radical (unpaired) electrons. The SMILES string of the molecule is CC(C)Cc1cc(-c2ccc(CN(C(=O)CC3CCCCC3)C3CC3)cc2)c(N(S(=O)[O-])C(C)(C)C)s1. The van der Waals surface area contributed by atoms with Crippen LogP contribution < -0.4 is 4.31 Å². The molecule has 37 heavy (non-hydrogen) atoms. The Kier molecular flexibility index (Phi) is 9.18. The fourth-order valence-electron chi connectivity index (χ4n) is 5.44. The molecule has 1 aromatic heterocycles. The molecule has 1 atom stereocenters. The van der Waals surface area contributed by atoms with E-state index in [4.69, 9.17) is 0 Å². The Bertz CT molecular complexity index is 1080. The molecule has 4 rings (SSSR count). The first-order valence-electron chi connectivity index (χ1n) is 13.9. The molecule has 0 aliphatic heterocycles. The molecule has 0 N–H and O–H groups in total. The highest BCUT2D eigenvalue weighted by Gasteiger charge is 2.33. The van der Waals surface area contributed by atoms with Gasteiger partial charge in [-0.15, -0.1) is 11.3 Å². The predicted molar refractivity (Wildman–Crippen MR) is 154 cm³/mol. The number of nitrogens with zero attached hydrogens (tertiary/aromatic N) is 2. The topological polar surface area (TPSA) is 63.7 Å². The van der Waals surface area contributed by atoms with Crippen LogP contribution in [-0.4, -0.2) is 31.1 Å². The van der Waals surface area contributed by atoms with E-state index in [-0.39, 0.29) is 0 Å². The number of carbonyl (C=O) groups excluding carboxylic acids is 1. The second kappa shape index (κ2) is 12.0. The summed E-state index contributed by atoms with van der Waals surface area (Å²) in [5.74, 6) is 1.36. The van der Waals surface area contributed by atoms with Crippen molar-refractivity contribution in [3.8, 4) is 11.1 Å². The minimum Gasteiger partial charge on any atom is -0.755 e. The van der Waals surface area contributed by atoms with Crippen molar-refractivity contribution in [1.82, 2.24) is 4.90 Å². The van der Waals surface area contributed by atoms with Crippen LogP contribution in [0.25, 0.3) is 11.1 Å². The Morgan fingerprint density at radius 2 is 1.73 bits per heavy atom. The summed E-state index contributed by atoms with van der Waals surface area (Å²) in [7, 11) is 0. The normalized spacial score (nSPS) is 17.7. The average Bonchev–Trinajstić information content (AvgIpc) is 3.58. The van der Waals surface area contributed by atoms with Crippen LogP contribution in [0.15, 0.2) is 30.3 Å². The van der Waals surface area contributed by atoms with Crippen LogP contribution in [0.4, 0.5) is 5.00 Å². The average molecular weight is 544 g/mol. The van der Waals surface area contributed by atoms with Gasteiger partial charge in [0, 0.05) is 46.3 Å². The van der Waals surface area contributed by atoms with Crippen LogP contribution >= 0.6 is 11.3 Å². The zero-order valence-electron chi connectivity index (χ0n) is 23.1. The van der Waals surface area contributed by atoms with Crippen molar-refractivity contribution in [3.05, 3.63) is 40.8 Å². The van der Waals surface area contributed by atoms with Crippen molar-refractivity contribution >= 4 is 33.5 Å². The molecule has 1 unspecified atom stereocenters. The molecule has 1 heterocycles. The Morgan fingerprint density at radius 3 is 2.27 bits per heavy atom. The van der Waals surface area contributed by atoms with Gasteiger partial charge >= 0.3 is 0 Å². The highest BCUT2D eigenvalue weighted by Crippen LogP contribution is 2.43. The highest BCUT2D eigenvalue weighted by molar-refractivity contribution is 7.81. The minimum absolute atomic E-state index is 0.315. The van der Waals surface area contributed by atoms with E-state index in [2.05, 4.69) is 49.1 Å². The van der Waals surface area contributed by atoms with Crippen molar-refractivity contribution in [2.45, 2.75) is 111 Å². The van der Waals surface area contributed by atoms with Crippen LogP contribution in [0.5, 0.6) is 0 Å². The van der Waals surface area contributed by atoms with Gasteiger partial charge < -0.3 is 9.45 Å². The third-order valence-electron chi connectivity index (χ3n) is 7.43. The van der Waals surface area contributed by atoms with Gasteiger partial charge in [0.25, 0.3) is 0 Å². The summed E-state index contributed by atoms with van der Waals surface area (Å²) in [5.41, 5.74) is 2.53. The molecule has 2 saturated carbocycles. The Balaban J connectivity index is 1.55. The predicted octanol–water partition coefficient (Wildman–Crippen LogP) is 7.47. The van der Waals surface area contributed by atoms with Crippen LogP contribution in [0.2, 0.25) is 0 Å². The molecule has 2 aromatic rings. The van der Waals surface area contributed by atoms with E-state index in [1.54, 1.807) is 11.3 Å². The van der Waals surface area contributed by atoms with Crippen molar-refractivity contribution in [2.24, 2.45) is 11.8 Å². The number of amides is 1. The van der Waals surface area contributed by atoms with Crippen LogP contribution in [0.3, 0.4) is 0 Å². The molecule has 204 valence electrons. The fourth-order valence-corrected chi connectivity index (χ4v) is 7.90. The molecular weight excluding hydrogens is 500 g/mol. The largest absolute Gasteiger partial charge is 0.755 e. The second-order valence-corrected chi connectivity index (χ2v) is 14.3. The Hall–Kier alpha value is -1.70. The van der Waals surface area contributed by atoms with Gasteiger partial charge in [-0.05, 0) is 81.9 Å². The summed E-state index contributed by atoms with van der Waals surface area (Å²) in [5, 5.41) is 0.770. The summed E-state index contributed by atoms with van der Waals surface area (Å²) in [6, 6.07) is 10.9. The van der Waals surface area contributed by atoms with Crippen molar-refractivity contribution in [3.63, 3.8) is 0 Å². The van der Waals surface area contributed by atoms with E-state index in [0.29, 0.717) is 36.8 Å². The second-order valence-electron chi connectivity index (χ2n) is 12.4. The summed E-state index contributed by atoms with van der Waals surface area (Å²) < 4.78 is 26.1. The lowest BCUT2D eigenvalue weighted by atomic mass is 9.86. The minimum atomic E-state index is -2.38. The van der Waals surface area contributed by atoms with Gasteiger partial charge in [-0.25, -0.2) is 0 Å². The van der Waals surface area contributed by atoms with Gasteiger partial charge in [0.2, 0.25) is 5.91 Å². The van der Waals surface area contributed by atoms with Crippen molar-refractivity contribution in [1.29, 1.82) is 0 Å². The maximum absolute atomic E-state index is 13.2. The zero-order chi connectivity index (χ0) is 26.7. The Labute approximate surface area is 230 Å². The number of thiophene rings is 1. The van der Waals surface area contributed by atoms with Gasteiger partial charge in [-0.3, -0.25) is 13.3 Å². The van der Waals surface area contributed by atoms with Crippen molar-refractivity contribution < 1.29 is 13.6 Å². The van der Waals surface area contributed by atoms with E-state index in [9.17, 15) is 13.6 Å². The highest BCUT2D eigenvalue weighted by atomic mass is 32.2. The number of carbonyl (C=O) groups is 1. The molecule has 1 amide bonds. The molecule has 2 aliphatic carbocycles. The van der Waals surface area contributed by atoms with Crippen LogP contribution in [-0.2, 0) is 29.0 Å². The Morgan fingerprint density at radius 1 is 1.08 bits per heavy atom. The zero-order valence-corrected chi connectivity index (χ0v) is 24.8. The lowest BCUT2D eigenvalue weighted by Gasteiger charge is -2.38. The molecule has 2 aliphatic rings. The maximum Gasteiger partial charge on any atom is 0.223 e. The first-order valence-corrected chi connectivity index (χ1v) is 15.8. The van der Waals surface area contributed by atoms with Gasteiger partial charge in [-0.2, -0.15) is 0 Å². The monoisotopic (exact) mass is 543 g/mol. The lowest BCUT2D eigenvalue weighted by molar-refractivity contribution is -0.133. The van der Waals surface area contributed by atoms with E-state index < -0.39 is 16.8 Å². The molecule has 1 aromatic carbocycles. The lowest BCUT2D eigenvalue weighted by Crippen LogP contribution is -2.42. The molecule has 0 saturated heterocycles. The van der Waals surface area contributed by atoms with E-state index in [1.807, 2.05) is 20.8 Å². The van der Waals surface area contributed by atoms with Gasteiger partial charge in [-0.1, -0.05) is 57.4 Å². The van der Waals surface area contributed by atoms with E-state index >= 15 is 0 Å². The van der Waals surface area contributed by atoms with Crippen LogP contribution in [0, 0.1) is 11.8 Å². The summed E-state index contributed by atoms with van der Waals surface area (Å²) in [4.78, 5) is 16.5. The smallest absolute Gasteiger partial charge is 0.223 e. The quantitative estimate of drug-likeness (QED) is 0.292. The van der Waals surface area contributed by atoms with Gasteiger partial charge in [0.05, 0.1) is 0 Å². The summed E-state index contributed by atoms with van der Waals surface area (Å²) in [6.07, 6.45) is 10.1. The van der Waals surface area contributed by atoms with E-state index in [0.717, 1.165) is 41.0 Å². The van der Waals surface area contributed by atoms with Crippen molar-refractivity contribution in [2.75, 3.05) is 4.31 Å². The first kappa shape index (κ1) is 28.3. The van der Waals surface area contributed by atoms with Gasteiger partial charge in [0.1, 0.15) is 5.00 Å². The standard InChI is InChI=1S/C30H44N2O3S2/c1-21(2)17-26-19-27(29(36-26)32(37(34)35)30(3,4)5)24-13-11-23(12-14-24)20-31(25-15-16-25)28(33)18-22-9-7-6-8-10-22/h11-14,19,21-22,25H,6-10,15-18,20H2,1-5H3,(H,34,35)/p-1. The first-order chi connectivity index (χ1) is 17.5. The molecular formula is C30H43N2O3S2-. The molecule has 0 bridgehead atoms. The molecule has 0 spiro atoms. The number of hydrogen-bond donors (Lipinski definition) is 0. The number of hydrogen-bond acceptors (Lipinski definition) is 4. The third kappa shape index (κ3) is 7.45. The molecule has 7 heteroatoms.